The number of carbonyl (C=O) groups is 1. The van der Waals surface area contributed by atoms with E-state index in [0.29, 0.717) is 18.4 Å². The van der Waals surface area contributed by atoms with E-state index in [4.69, 9.17) is 4.74 Å². The van der Waals surface area contributed by atoms with Crippen LogP contribution in [0.1, 0.15) is 24.5 Å². The number of methoxy groups -OCH3 is 1. The van der Waals surface area contributed by atoms with Gasteiger partial charge in [-0.1, -0.05) is 18.2 Å². The van der Waals surface area contributed by atoms with Crippen LogP contribution in [0, 0.1) is 11.8 Å². The minimum Gasteiger partial charge on any atom is -0.384 e. The van der Waals surface area contributed by atoms with Crippen LogP contribution in [-0.2, 0) is 9.53 Å². The lowest BCUT2D eigenvalue weighted by atomic mass is 9.93. The number of amides is 1. The monoisotopic (exact) mass is 286 g/mol. The van der Waals surface area contributed by atoms with Crippen LogP contribution in [-0.4, -0.2) is 42.6 Å². The number of hydrogen-bond acceptors (Lipinski definition) is 3. The molecule has 0 aromatic carbocycles. The van der Waals surface area contributed by atoms with Gasteiger partial charge in [0.1, 0.15) is 0 Å². The Morgan fingerprint density at radius 3 is 2.81 bits per heavy atom. The fourth-order valence-electron chi connectivity index (χ4n) is 3.44. The number of ether oxygens (including phenoxy) is 1. The Bertz CT molecular complexity index is 507. The van der Waals surface area contributed by atoms with Crippen molar-refractivity contribution in [3.05, 3.63) is 42.2 Å². The quantitative estimate of drug-likeness (QED) is 0.797. The van der Waals surface area contributed by atoms with E-state index < -0.39 is 0 Å². The highest BCUT2D eigenvalue weighted by atomic mass is 16.5. The third-order valence-corrected chi connectivity index (χ3v) is 4.56. The molecule has 1 aromatic heterocycles. The molecule has 1 aromatic rings. The molecule has 2 aliphatic rings. The summed E-state index contributed by atoms with van der Waals surface area (Å²) >= 11 is 0. The summed E-state index contributed by atoms with van der Waals surface area (Å²) in [6.45, 7) is 2.22. The Labute approximate surface area is 125 Å². The number of pyridine rings is 1. The van der Waals surface area contributed by atoms with Crippen molar-refractivity contribution in [2.45, 2.75) is 18.8 Å². The summed E-state index contributed by atoms with van der Waals surface area (Å²) in [5.41, 5.74) is 1.07. The number of likely N-dealkylation sites (tertiary alicyclic amines) is 1. The Morgan fingerprint density at radius 2 is 2.14 bits per heavy atom. The summed E-state index contributed by atoms with van der Waals surface area (Å²) in [5, 5.41) is 0. The van der Waals surface area contributed by atoms with Gasteiger partial charge in [-0.2, -0.15) is 0 Å². The van der Waals surface area contributed by atoms with Gasteiger partial charge in [0.25, 0.3) is 0 Å². The second kappa shape index (κ2) is 6.39. The third kappa shape index (κ3) is 3.00. The SMILES string of the molecule is COC[C@@H]1CN(C(=O)C2CC=CC2)C[C@H]1c1ccccn1. The summed E-state index contributed by atoms with van der Waals surface area (Å²) in [6.07, 6.45) is 7.82. The third-order valence-electron chi connectivity index (χ3n) is 4.56. The topological polar surface area (TPSA) is 42.4 Å². The van der Waals surface area contributed by atoms with E-state index in [1.165, 1.54) is 0 Å². The molecule has 0 radical (unpaired) electrons. The zero-order valence-electron chi connectivity index (χ0n) is 12.4. The molecule has 0 bridgehead atoms. The van der Waals surface area contributed by atoms with Gasteiger partial charge < -0.3 is 9.64 Å². The Morgan fingerprint density at radius 1 is 1.33 bits per heavy atom. The first-order chi connectivity index (χ1) is 10.3. The Hall–Kier alpha value is -1.68. The molecule has 3 rings (SSSR count). The first kappa shape index (κ1) is 14.3. The van der Waals surface area contributed by atoms with Gasteiger partial charge >= 0.3 is 0 Å². The highest BCUT2D eigenvalue weighted by Crippen LogP contribution is 2.33. The van der Waals surface area contributed by atoms with Gasteiger partial charge in [-0.25, -0.2) is 0 Å². The van der Waals surface area contributed by atoms with Gasteiger partial charge in [0, 0.05) is 49.8 Å². The van der Waals surface area contributed by atoms with Crippen LogP contribution in [0.3, 0.4) is 0 Å². The van der Waals surface area contributed by atoms with Gasteiger partial charge in [0.15, 0.2) is 0 Å². The number of carbonyl (C=O) groups excluding carboxylic acids is 1. The fourth-order valence-corrected chi connectivity index (χ4v) is 3.44. The molecule has 0 unspecified atom stereocenters. The van der Waals surface area contributed by atoms with Crippen LogP contribution in [0.25, 0.3) is 0 Å². The summed E-state index contributed by atoms with van der Waals surface area (Å²) in [5.74, 6) is 1.06. The number of rotatable bonds is 4. The first-order valence-corrected chi connectivity index (χ1v) is 7.63. The first-order valence-electron chi connectivity index (χ1n) is 7.63. The summed E-state index contributed by atoms with van der Waals surface area (Å²) < 4.78 is 5.35. The van der Waals surface area contributed by atoms with Gasteiger partial charge in [-0.05, 0) is 25.0 Å². The number of allylic oxidation sites excluding steroid dienone is 2. The lowest BCUT2D eigenvalue weighted by Gasteiger charge is -2.20. The van der Waals surface area contributed by atoms with Crippen molar-refractivity contribution in [2.75, 3.05) is 26.8 Å². The smallest absolute Gasteiger partial charge is 0.226 e. The maximum absolute atomic E-state index is 12.6. The lowest BCUT2D eigenvalue weighted by molar-refractivity contribution is -0.134. The van der Waals surface area contributed by atoms with Gasteiger partial charge in [0.05, 0.1) is 6.61 Å². The van der Waals surface area contributed by atoms with Crippen LogP contribution in [0.2, 0.25) is 0 Å². The lowest BCUT2D eigenvalue weighted by Crippen LogP contribution is -2.34. The zero-order chi connectivity index (χ0) is 14.7. The van der Waals surface area contributed by atoms with Crippen molar-refractivity contribution in [1.29, 1.82) is 0 Å². The maximum atomic E-state index is 12.6. The van der Waals surface area contributed by atoms with Crippen molar-refractivity contribution >= 4 is 5.91 Å². The van der Waals surface area contributed by atoms with E-state index in [-0.39, 0.29) is 11.8 Å². The molecule has 1 aliphatic heterocycles. The summed E-state index contributed by atoms with van der Waals surface area (Å²) in [6, 6.07) is 5.99. The van der Waals surface area contributed by atoms with Gasteiger partial charge in [-0.15, -0.1) is 0 Å². The van der Waals surface area contributed by atoms with E-state index in [2.05, 4.69) is 23.2 Å². The van der Waals surface area contributed by atoms with Crippen LogP contribution in [0.5, 0.6) is 0 Å². The summed E-state index contributed by atoms with van der Waals surface area (Å²) in [7, 11) is 1.72. The van der Waals surface area contributed by atoms with Crippen LogP contribution in [0.4, 0.5) is 0 Å². The van der Waals surface area contributed by atoms with E-state index in [9.17, 15) is 4.79 Å². The maximum Gasteiger partial charge on any atom is 0.226 e. The normalized spacial score (nSPS) is 25.7. The molecule has 2 heterocycles. The van der Waals surface area contributed by atoms with Crippen LogP contribution in [0.15, 0.2) is 36.5 Å². The second-order valence-electron chi connectivity index (χ2n) is 5.96. The van der Waals surface area contributed by atoms with Crippen molar-refractivity contribution < 1.29 is 9.53 Å². The highest BCUT2D eigenvalue weighted by Gasteiger charge is 2.38. The predicted octanol–water partition coefficient (Wildman–Crippen LogP) is 2.24. The van der Waals surface area contributed by atoms with E-state index in [1.807, 2.05) is 23.2 Å². The standard InChI is InChI=1S/C17H22N2O2/c1-21-12-14-10-19(17(20)13-6-2-3-7-13)11-15(14)16-8-4-5-9-18-16/h2-5,8-9,13-15H,6-7,10-12H2,1H3/t14-,15+/m0/s1. The minimum atomic E-state index is 0.149. The Kier molecular flexibility index (Phi) is 4.34. The molecular formula is C17H22N2O2. The molecule has 112 valence electrons. The van der Waals surface area contributed by atoms with Crippen LogP contribution >= 0.6 is 0 Å². The van der Waals surface area contributed by atoms with Crippen molar-refractivity contribution in [3.63, 3.8) is 0 Å². The molecule has 0 N–H and O–H groups in total. The number of nitrogens with zero attached hydrogens (tertiary/aromatic N) is 2. The molecule has 4 heteroatoms. The zero-order valence-corrected chi connectivity index (χ0v) is 12.4. The number of aromatic nitrogens is 1. The molecule has 0 spiro atoms. The molecular weight excluding hydrogens is 264 g/mol. The average molecular weight is 286 g/mol. The van der Waals surface area contributed by atoms with Gasteiger partial charge in [-0.3, -0.25) is 9.78 Å². The average Bonchev–Trinajstić information content (AvgIpc) is 3.18. The van der Waals surface area contributed by atoms with E-state index in [0.717, 1.165) is 31.6 Å². The molecule has 4 nitrogen and oxygen atoms in total. The van der Waals surface area contributed by atoms with E-state index in [1.54, 1.807) is 7.11 Å². The second-order valence-corrected chi connectivity index (χ2v) is 5.96. The molecule has 1 fully saturated rings. The molecule has 1 saturated heterocycles. The predicted molar refractivity (Wildman–Crippen MR) is 80.8 cm³/mol. The van der Waals surface area contributed by atoms with E-state index >= 15 is 0 Å². The van der Waals surface area contributed by atoms with Crippen molar-refractivity contribution in [1.82, 2.24) is 9.88 Å². The summed E-state index contributed by atoms with van der Waals surface area (Å²) in [4.78, 5) is 19.1. The molecule has 2 atom stereocenters. The van der Waals surface area contributed by atoms with Crippen molar-refractivity contribution in [3.8, 4) is 0 Å². The Balaban J connectivity index is 1.73. The molecule has 0 saturated carbocycles. The largest absolute Gasteiger partial charge is 0.384 e. The van der Waals surface area contributed by atoms with Crippen LogP contribution < -0.4 is 0 Å². The fraction of sp³-hybridized carbons (Fsp3) is 0.529. The molecule has 1 amide bonds. The molecule has 21 heavy (non-hydrogen) atoms. The van der Waals surface area contributed by atoms with Crippen molar-refractivity contribution in [2.24, 2.45) is 11.8 Å². The minimum absolute atomic E-state index is 0.149. The molecule has 1 aliphatic carbocycles. The van der Waals surface area contributed by atoms with Gasteiger partial charge in [0.2, 0.25) is 5.91 Å². The highest BCUT2D eigenvalue weighted by molar-refractivity contribution is 5.80. The number of hydrogen-bond donors (Lipinski definition) is 0.